The van der Waals surface area contributed by atoms with Crippen LogP contribution < -0.4 is 5.32 Å². The number of carbonyl (C=O) groups excluding carboxylic acids is 2. The number of hydrogen-bond donors (Lipinski definition) is 1. The number of nitrogens with zero attached hydrogens (tertiary/aromatic N) is 2. The summed E-state index contributed by atoms with van der Waals surface area (Å²) in [5, 5.41) is 3.15. The highest BCUT2D eigenvalue weighted by molar-refractivity contribution is 5.80. The fourth-order valence-electron chi connectivity index (χ4n) is 3.75. The summed E-state index contributed by atoms with van der Waals surface area (Å²) < 4.78 is 0. The molecule has 5 nitrogen and oxygen atoms in total. The topological polar surface area (TPSA) is 52.7 Å². The third-order valence-corrected chi connectivity index (χ3v) is 5.63. The van der Waals surface area contributed by atoms with Crippen LogP contribution in [0.4, 0.5) is 0 Å². The van der Waals surface area contributed by atoms with Crippen LogP contribution in [0.1, 0.15) is 52.9 Å². The summed E-state index contributed by atoms with van der Waals surface area (Å²) in [5.41, 5.74) is 0. The van der Waals surface area contributed by atoms with Crippen molar-refractivity contribution in [2.75, 3.05) is 32.7 Å². The molecule has 0 aromatic carbocycles. The van der Waals surface area contributed by atoms with Gasteiger partial charge >= 0.3 is 0 Å². The summed E-state index contributed by atoms with van der Waals surface area (Å²) in [7, 11) is 0. The molecule has 132 valence electrons. The van der Waals surface area contributed by atoms with Crippen LogP contribution in [0.3, 0.4) is 0 Å². The largest absolute Gasteiger partial charge is 0.354 e. The number of hydrogen-bond acceptors (Lipinski definition) is 3. The van der Waals surface area contributed by atoms with E-state index >= 15 is 0 Å². The minimum atomic E-state index is 0.0764. The Kier molecular flexibility index (Phi) is 6.88. The SMILES string of the molecule is CC[C@H](C)C(=O)N1CCC(C(=O)NC[C@@H]2CCCN2CC)CC1. The van der Waals surface area contributed by atoms with Gasteiger partial charge in [0.15, 0.2) is 0 Å². The van der Waals surface area contributed by atoms with Gasteiger partial charge in [0.2, 0.25) is 11.8 Å². The van der Waals surface area contributed by atoms with Crippen molar-refractivity contribution in [1.29, 1.82) is 0 Å². The van der Waals surface area contributed by atoms with E-state index in [1.54, 1.807) is 0 Å². The molecule has 5 heteroatoms. The van der Waals surface area contributed by atoms with E-state index in [0.29, 0.717) is 6.04 Å². The van der Waals surface area contributed by atoms with Crippen molar-refractivity contribution in [3.05, 3.63) is 0 Å². The van der Waals surface area contributed by atoms with E-state index in [4.69, 9.17) is 0 Å². The van der Waals surface area contributed by atoms with E-state index in [-0.39, 0.29) is 23.7 Å². The second kappa shape index (κ2) is 8.67. The Balaban J connectivity index is 1.72. The summed E-state index contributed by atoms with van der Waals surface area (Å²) in [6, 6.07) is 0.510. The minimum absolute atomic E-state index is 0.0764. The van der Waals surface area contributed by atoms with Gasteiger partial charge in [0, 0.05) is 37.5 Å². The van der Waals surface area contributed by atoms with Gasteiger partial charge in [-0.05, 0) is 45.2 Å². The molecule has 2 rings (SSSR count). The van der Waals surface area contributed by atoms with Crippen molar-refractivity contribution in [1.82, 2.24) is 15.1 Å². The van der Waals surface area contributed by atoms with Crippen molar-refractivity contribution < 1.29 is 9.59 Å². The van der Waals surface area contributed by atoms with Gasteiger partial charge in [0.1, 0.15) is 0 Å². The summed E-state index contributed by atoms with van der Waals surface area (Å²) >= 11 is 0. The molecule has 0 bridgehead atoms. The molecule has 23 heavy (non-hydrogen) atoms. The lowest BCUT2D eigenvalue weighted by atomic mass is 9.94. The van der Waals surface area contributed by atoms with Crippen LogP contribution in [0.2, 0.25) is 0 Å². The maximum atomic E-state index is 12.4. The smallest absolute Gasteiger partial charge is 0.225 e. The van der Waals surface area contributed by atoms with E-state index in [2.05, 4.69) is 17.1 Å². The van der Waals surface area contributed by atoms with Crippen molar-refractivity contribution in [2.24, 2.45) is 11.8 Å². The Labute approximate surface area is 140 Å². The van der Waals surface area contributed by atoms with Crippen LogP contribution in [-0.4, -0.2) is 60.4 Å². The highest BCUT2D eigenvalue weighted by Gasteiger charge is 2.30. The third-order valence-electron chi connectivity index (χ3n) is 5.63. The van der Waals surface area contributed by atoms with Crippen LogP contribution in [-0.2, 0) is 9.59 Å². The fourth-order valence-corrected chi connectivity index (χ4v) is 3.75. The number of likely N-dealkylation sites (tertiary alicyclic amines) is 2. The van der Waals surface area contributed by atoms with Gasteiger partial charge in [-0.25, -0.2) is 0 Å². The maximum Gasteiger partial charge on any atom is 0.225 e. The predicted octanol–water partition coefficient (Wildman–Crippen LogP) is 1.87. The van der Waals surface area contributed by atoms with Gasteiger partial charge in [-0.1, -0.05) is 20.8 Å². The molecular weight excluding hydrogens is 290 g/mol. The van der Waals surface area contributed by atoms with E-state index in [0.717, 1.165) is 52.0 Å². The molecule has 0 spiro atoms. The van der Waals surface area contributed by atoms with Gasteiger partial charge in [0.05, 0.1) is 0 Å². The number of likely N-dealkylation sites (N-methyl/N-ethyl adjacent to an activating group) is 1. The number of nitrogens with one attached hydrogen (secondary N) is 1. The van der Waals surface area contributed by atoms with Gasteiger partial charge in [-0.3, -0.25) is 14.5 Å². The first kappa shape index (κ1) is 18.2. The monoisotopic (exact) mass is 323 g/mol. The normalized spacial score (nSPS) is 24.7. The van der Waals surface area contributed by atoms with Crippen LogP contribution >= 0.6 is 0 Å². The number of piperidine rings is 1. The van der Waals surface area contributed by atoms with Crippen molar-refractivity contribution in [3.63, 3.8) is 0 Å². The molecular formula is C18H33N3O2. The van der Waals surface area contributed by atoms with Gasteiger partial charge < -0.3 is 10.2 Å². The Morgan fingerprint density at radius 2 is 1.83 bits per heavy atom. The Morgan fingerprint density at radius 3 is 2.43 bits per heavy atom. The molecule has 2 aliphatic heterocycles. The summed E-state index contributed by atoms with van der Waals surface area (Å²) in [6.45, 7) is 10.7. The van der Waals surface area contributed by atoms with Crippen molar-refractivity contribution in [2.45, 2.75) is 58.9 Å². The molecule has 0 radical (unpaired) electrons. The second-order valence-electron chi connectivity index (χ2n) is 7.08. The summed E-state index contributed by atoms with van der Waals surface area (Å²) in [6.07, 6.45) is 4.92. The number of rotatable bonds is 6. The molecule has 2 saturated heterocycles. The zero-order valence-electron chi connectivity index (χ0n) is 15.0. The average Bonchev–Trinajstić information content (AvgIpc) is 3.06. The molecule has 0 unspecified atom stereocenters. The lowest BCUT2D eigenvalue weighted by Crippen LogP contribution is -2.46. The zero-order valence-corrected chi connectivity index (χ0v) is 15.0. The van der Waals surface area contributed by atoms with E-state index in [1.165, 1.54) is 12.8 Å². The van der Waals surface area contributed by atoms with Gasteiger partial charge in [-0.2, -0.15) is 0 Å². The Morgan fingerprint density at radius 1 is 1.13 bits per heavy atom. The van der Waals surface area contributed by atoms with Crippen LogP contribution in [0.15, 0.2) is 0 Å². The highest BCUT2D eigenvalue weighted by atomic mass is 16.2. The number of carbonyl (C=O) groups is 2. The maximum absolute atomic E-state index is 12.4. The van der Waals surface area contributed by atoms with Crippen molar-refractivity contribution >= 4 is 11.8 Å². The molecule has 2 aliphatic rings. The average molecular weight is 323 g/mol. The summed E-state index contributed by atoms with van der Waals surface area (Å²) in [4.78, 5) is 29.0. The van der Waals surface area contributed by atoms with E-state index in [1.807, 2.05) is 18.7 Å². The van der Waals surface area contributed by atoms with Crippen LogP contribution in [0.5, 0.6) is 0 Å². The lowest BCUT2D eigenvalue weighted by molar-refractivity contribution is -0.138. The fraction of sp³-hybridized carbons (Fsp3) is 0.889. The Hall–Kier alpha value is -1.10. The van der Waals surface area contributed by atoms with Crippen LogP contribution in [0, 0.1) is 11.8 Å². The Bertz CT molecular complexity index is 405. The zero-order chi connectivity index (χ0) is 16.8. The van der Waals surface area contributed by atoms with Crippen LogP contribution in [0.25, 0.3) is 0 Å². The molecule has 0 aromatic rings. The molecule has 2 atom stereocenters. The standard InChI is InChI=1S/C18H33N3O2/c1-4-14(3)18(23)21-11-8-15(9-12-21)17(22)19-13-16-7-6-10-20(16)5-2/h14-16H,4-13H2,1-3H3,(H,19,22)/t14-,16-/m0/s1. The molecule has 2 fully saturated rings. The molecule has 2 amide bonds. The van der Waals surface area contributed by atoms with E-state index < -0.39 is 0 Å². The molecule has 1 N–H and O–H groups in total. The van der Waals surface area contributed by atoms with Gasteiger partial charge in [-0.15, -0.1) is 0 Å². The number of amides is 2. The van der Waals surface area contributed by atoms with Crippen molar-refractivity contribution in [3.8, 4) is 0 Å². The summed E-state index contributed by atoms with van der Waals surface area (Å²) in [5.74, 6) is 0.606. The molecule has 2 heterocycles. The third kappa shape index (κ3) is 4.69. The highest BCUT2D eigenvalue weighted by Crippen LogP contribution is 2.20. The first-order chi connectivity index (χ1) is 11.1. The quantitative estimate of drug-likeness (QED) is 0.812. The predicted molar refractivity (Wildman–Crippen MR) is 92.0 cm³/mol. The van der Waals surface area contributed by atoms with E-state index in [9.17, 15) is 9.59 Å². The first-order valence-corrected chi connectivity index (χ1v) is 9.37. The molecule has 0 saturated carbocycles. The molecule has 0 aliphatic carbocycles. The second-order valence-corrected chi connectivity index (χ2v) is 7.08. The first-order valence-electron chi connectivity index (χ1n) is 9.37. The lowest BCUT2D eigenvalue weighted by Gasteiger charge is -2.33. The van der Waals surface area contributed by atoms with Gasteiger partial charge in [0.25, 0.3) is 0 Å². The minimum Gasteiger partial charge on any atom is -0.354 e. The molecule has 0 aromatic heterocycles.